The Morgan fingerprint density at radius 2 is 1.48 bits per heavy atom. The molecule has 2 aromatic rings. The number of primary amides is 1. The molecule has 0 atom stereocenters. The van der Waals surface area contributed by atoms with E-state index in [4.69, 9.17) is 15.2 Å². The van der Waals surface area contributed by atoms with E-state index >= 15 is 0 Å². The van der Waals surface area contributed by atoms with Gasteiger partial charge >= 0.3 is 0 Å². The first-order chi connectivity index (χ1) is 11.9. The highest BCUT2D eigenvalue weighted by Gasteiger charge is 2.19. The van der Waals surface area contributed by atoms with E-state index in [2.05, 4.69) is 0 Å². The first kappa shape index (κ1) is 18.6. The lowest BCUT2D eigenvalue weighted by Crippen LogP contribution is -2.16. The fourth-order valence-corrected chi connectivity index (χ4v) is 2.03. The number of hydrogen-bond donors (Lipinski definition) is 1. The van der Waals surface area contributed by atoms with E-state index in [0.717, 1.165) is 18.2 Å². The molecule has 25 heavy (non-hydrogen) atoms. The minimum atomic E-state index is -1.23. The monoisotopic (exact) mass is 357 g/mol. The average Bonchev–Trinajstić information content (AvgIpc) is 2.54. The van der Waals surface area contributed by atoms with Crippen LogP contribution < -0.4 is 15.2 Å². The summed E-state index contributed by atoms with van der Waals surface area (Å²) in [5.41, 5.74) is 4.06. The Morgan fingerprint density at radius 3 is 2.08 bits per heavy atom. The smallest absolute Gasteiger partial charge is 0.254 e. The quantitative estimate of drug-likeness (QED) is 0.580. The van der Waals surface area contributed by atoms with Crippen LogP contribution in [0.1, 0.15) is 23.2 Å². The third-order valence-electron chi connectivity index (χ3n) is 3.25. The fraction of sp³-hybridized carbons (Fsp3) is 0.235. The van der Waals surface area contributed by atoms with Gasteiger partial charge in [0, 0.05) is 6.07 Å². The molecule has 2 rings (SSSR count). The second-order valence-corrected chi connectivity index (χ2v) is 5.08. The van der Waals surface area contributed by atoms with Gasteiger partial charge in [-0.1, -0.05) is 0 Å². The van der Waals surface area contributed by atoms with Gasteiger partial charge in [0.25, 0.3) is 5.91 Å². The summed E-state index contributed by atoms with van der Waals surface area (Å²) in [7, 11) is 0. The Bertz CT molecular complexity index is 768. The normalized spacial score (nSPS) is 10.6. The van der Waals surface area contributed by atoms with E-state index in [1.54, 1.807) is 0 Å². The second kappa shape index (κ2) is 8.36. The highest BCUT2D eigenvalue weighted by atomic mass is 19.1. The van der Waals surface area contributed by atoms with Crippen molar-refractivity contribution in [1.82, 2.24) is 0 Å². The van der Waals surface area contributed by atoms with E-state index in [9.17, 15) is 22.4 Å². The van der Waals surface area contributed by atoms with Gasteiger partial charge in [0.1, 0.15) is 17.2 Å². The number of amides is 1. The first-order valence-electron chi connectivity index (χ1n) is 7.38. The number of halogens is 4. The van der Waals surface area contributed by atoms with Crippen molar-refractivity contribution >= 4 is 5.91 Å². The van der Waals surface area contributed by atoms with Crippen molar-refractivity contribution in [3.63, 3.8) is 0 Å². The molecule has 0 heterocycles. The predicted molar refractivity (Wildman–Crippen MR) is 81.5 cm³/mol. The van der Waals surface area contributed by atoms with E-state index in [1.807, 2.05) is 0 Å². The Labute approximate surface area is 141 Å². The Morgan fingerprint density at radius 1 is 0.880 bits per heavy atom. The molecular weight excluding hydrogens is 342 g/mol. The van der Waals surface area contributed by atoms with Crippen molar-refractivity contribution in [2.24, 2.45) is 5.73 Å². The summed E-state index contributed by atoms with van der Waals surface area (Å²) in [4.78, 5) is 11.0. The molecule has 0 aliphatic carbocycles. The minimum absolute atomic E-state index is 0.0655. The maximum atomic E-state index is 13.9. The maximum absolute atomic E-state index is 13.9. The molecule has 0 bridgehead atoms. The number of rotatable bonds is 8. The van der Waals surface area contributed by atoms with Crippen LogP contribution in [0.4, 0.5) is 17.6 Å². The van der Waals surface area contributed by atoms with Crippen molar-refractivity contribution in [2.45, 2.75) is 12.8 Å². The standard InChI is InChI=1S/C17H15F4NO3/c18-10-3-5-13(12(20)9-10)24-7-1-2-8-25-14-6-4-11(19)15(16(14)21)17(22)23/h3-6,9H,1-2,7-8H2,(H2,22,23). The number of hydrogen-bond acceptors (Lipinski definition) is 3. The molecule has 1 amide bonds. The number of nitrogens with two attached hydrogens (primary N) is 1. The molecule has 0 saturated heterocycles. The van der Waals surface area contributed by atoms with E-state index in [0.29, 0.717) is 18.9 Å². The molecule has 0 fully saturated rings. The van der Waals surface area contributed by atoms with E-state index in [-0.39, 0.29) is 24.7 Å². The molecule has 0 saturated carbocycles. The zero-order valence-electron chi connectivity index (χ0n) is 13.0. The van der Waals surface area contributed by atoms with Crippen molar-refractivity contribution in [1.29, 1.82) is 0 Å². The summed E-state index contributed by atoms with van der Waals surface area (Å²) < 4.78 is 63.6. The van der Waals surface area contributed by atoms with Crippen LogP contribution in [0.3, 0.4) is 0 Å². The topological polar surface area (TPSA) is 61.6 Å². The summed E-state index contributed by atoms with van der Waals surface area (Å²) >= 11 is 0. The van der Waals surface area contributed by atoms with Crippen molar-refractivity contribution < 1.29 is 31.8 Å². The number of carbonyl (C=O) groups is 1. The van der Waals surface area contributed by atoms with Gasteiger partial charge in [-0.15, -0.1) is 0 Å². The third kappa shape index (κ3) is 4.85. The largest absolute Gasteiger partial charge is 0.491 e. The summed E-state index contributed by atoms with van der Waals surface area (Å²) in [5, 5.41) is 0. The molecule has 0 unspecified atom stereocenters. The highest BCUT2D eigenvalue weighted by Crippen LogP contribution is 2.23. The predicted octanol–water partition coefficient (Wildman–Crippen LogP) is 3.58. The molecule has 8 heteroatoms. The van der Waals surface area contributed by atoms with Gasteiger partial charge in [-0.3, -0.25) is 4.79 Å². The number of ether oxygens (including phenoxy) is 2. The van der Waals surface area contributed by atoms with Gasteiger partial charge in [0.15, 0.2) is 23.1 Å². The molecule has 2 N–H and O–H groups in total. The molecule has 134 valence electrons. The van der Waals surface area contributed by atoms with Crippen LogP contribution in [0.25, 0.3) is 0 Å². The minimum Gasteiger partial charge on any atom is -0.491 e. The van der Waals surface area contributed by atoms with E-state index < -0.39 is 34.7 Å². The van der Waals surface area contributed by atoms with Gasteiger partial charge in [-0.05, 0) is 37.1 Å². The first-order valence-corrected chi connectivity index (χ1v) is 7.38. The lowest BCUT2D eigenvalue weighted by molar-refractivity contribution is 0.0991. The zero-order valence-corrected chi connectivity index (χ0v) is 13.0. The Balaban J connectivity index is 1.78. The van der Waals surface area contributed by atoms with E-state index in [1.165, 1.54) is 6.07 Å². The molecule has 2 aromatic carbocycles. The molecule has 0 aromatic heterocycles. The fourth-order valence-electron chi connectivity index (χ4n) is 2.03. The van der Waals surface area contributed by atoms with Crippen LogP contribution in [0.2, 0.25) is 0 Å². The molecule has 0 aliphatic rings. The molecule has 4 nitrogen and oxygen atoms in total. The van der Waals surface area contributed by atoms with Crippen molar-refractivity contribution in [2.75, 3.05) is 13.2 Å². The summed E-state index contributed by atoms with van der Waals surface area (Å²) in [5.74, 6) is -5.31. The molecule has 0 aliphatic heterocycles. The third-order valence-corrected chi connectivity index (χ3v) is 3.25. The van der Waals surface area contributed by atoms with Crippen LogP contribution in [-0.2, 0) is 0 Å². The Hall–Kier alpha value is -2.77. The van der Waals surface area contributed by atoms with Crippen LogP contribution in [0, 0.1) is 23.3 Å². The summed E-state index contributed by atoms with van der Waals surface area (Å²) in [6.45, 7) is 0.209. The van der Waals surface area contributed by atoms with Crippen molar-refractivity contribution in [3.8, 4) is 11.5 Å². The highest BCUT2D eigenvalue weighted by molar-refractivity contribution is 5.93. The lowest BCUT2D eigenvalue weighted by atomic mass is 10.1. The average molecular weight is 357 g/mol. The molecule has 0 radical (unpaired) electrons. The lowest BCUT2D eigenvalue weighted by Gasteiger charge is -2.10. The van der Waals surface area contributed by atoms with Crippen LogP contribution in [0.15, 0.2) is 30.3 Å². The van der Waals surface area contributed by atoms with Gasteiger partial charge in [0.2, 0.25) is 0 Å². The number of benzene rings is 2. The SMILES string of the molecule is NC(=O)c1c(F)ccc(OCCCCOc2ccc(F)cc2F)c1F. The van der Waals surface area contributed by atoms with Crippen LogP contribution >= 0.6 is 0 Å². The zero-order chi connectivity index (χ0) is 18.4. The van der Waals surface area contributed by atoms with Gasteiger partial charge < -0.3 is 15.2 Å². The van der Waals surface area contributed by atoms with Crippen LogP contribution in [-0.4, -0.2) is 19.1 Å². The van der Waals surface area contributed by atoms with Gasteiger partial charge in [0.05, 0.1) is 13.2 Å². The van der Waals surface area contributed by atoms with Gasteiger partial charge in [-0.25, -0.2) is 17.6 Å². The second-order valence-electron chi connectivity index (χ2n) is 5.08. The number of unbranched alkanes of at least 4 members (excludes halogenated alkanes) is 1. The summed E-state index contributed by atoms with van der Waals surface area (Å²) in [6.07, 6.45) is 0.869. The maximum Gasteiger partial charge on any atom is 0.254 e. The Kier molecular flexibility index (Phi) is 6.21. The number of carbonyl (C=O) groups excluding carboxylic acids is 1. The van der Waals surface area contributed by atoms with Crippen LogP contribution in [0.5, 0.6) is 11.5 Å². The van der Waals surface area contributed by atoms with Gasteiger partial charge in [-0.2, -0.15) is 0 Å². The van der Waals surface area contributed by atoms with Crippen molar-refractivity contribution in [3.05, 3.63) is 59.2 Å². The molecule has 0 spiro atoms. The summed E-state index contributed by atoms with van der Waals surface area (Å²) in [6, 6.07) is 4.92. The molecular formula is C17H15F4NO3.